The number of aryl methyl sites for hydroxylation is 1. The van der Waals surface area contributed by atoms with Crippen LogP contribution in [0, 0.1) is 0 Å². The van der Waals surface area contributed by atoms with Gasteiger partial charge >= 0.3 is 0 Å². The Hall–Kier alpha value is -2.67. The van der Waals surface area contributed by atoms with Gasteiger partial charge in [0, 0.05) is 18.3 Å². The summed E-state index contributed by atoms with van der Waals surface area (Å²) in [4.78, 5) is 16.1. The molecular weight excluding hydrogens is 304 g/mol. The molecule has 0 atom stereocenters. The van der Waals surface area contributed by atoms with E-state index in [0.717, 1.165) is 5.56 Å². The largest absolute Gasteiger partial charge is 0.288 e. The van der Waals surface area contributed by atoms with Crippen LogP contribution in [0.1, 0.15) is 16.1 Å². The van der Waals surface area contributed by atoms with Crippen LogP contribution in [0.5, 0.6) is 0 Å². The zero-order chi connectivity index (χ0) is 15.5. The second-order valence-corrected chi connectivity index (χ2v) is 5.06. The highest BCUT2D eigenvalue weighted by molar-refractivity contribution is 6.31. The molecule has 112 valence electrons. The number of rotatable bonds is 4. The van der Waals surface area contributed by atoms with E-state index in [-0.39, 0.29) is 11.9 Å². The topological polar surface area (TPSA) is 77.6 Å². The van der Waals surface area contributed by atoms with E-state index in [4.69, 9.17) is 11.6 Å². The number of carbonyl (C=O) groups is 1. The van der Waals surface area contributed by atoms with E-state index in [9.17, 15) is 4.79 Å². The Bertz CT molecular complexity index is 809. The van der Waals surface area contributed by atoms with Crippen molar-refractivity contribution in [3.05, 3.63) is 59.1 Å². The van der Waals surface area contributed by atoms with E-state index in [2.05, 4.69) is 20.5 Å². The van der Waals surface area contributed by atoms with Crippen LogP contribution in [0.3, 0.4) is 0 Å². The minimum absolute atomic E-state index is 0.234. The van der Waals surface area contributed by atoms with Crippen molar-refractivity contribution in [2.45, 2.75) is 6.54 Å². The third kappa shape index (κ3) is 2.99. The predicted octanol–water partition coefficient (Wildman–Crippen LogP) is 1.97. The number of nitrogens with one attached hydrogen (secondary N) is 1. The summed E-state index contributed by atoms with van der Waals surface area (Å²) in [7, 11) is 1.69. The van der Waals surface area contributed by atoms with Crippen molar-refractivity contribution in [3.63, 3.8) is 0 Å². The van der Waals surface area contributed by atoms with Gasteiger partial charge in [0.15, 0.2) is 0 Å². The average Bonchev–Trinajstić information content (AvgIpc) is 3.10. The van der Waals surface area contributed by atoms with E-state index >= 15 is 0 Å². The van der Waals surface area contributed by atoms with Crippen molar-refractivity contribution in [1.29, 1.82) is 0 Å². The Morgan fingerprint density at radius 2 is 2.14 bits per heavy atom. The summed E-state index contributed by atoms with van der Waals surface area (Å²) < 4.78 is 3.09. The molecule has 0 saturated carbocycles. The smallest absolute Gasteiger partial charge is 0.276 e. The first kappa shape index (κ1) is 14.3. The quantitative estimate of drug-likeness (QED) is 0.798. The Labute approximate surface area is 131 Å². The second-order valence-electron chi connectivity index (χ2n) is 4.65. The summed E-state index contributed by atoms with van der Waals surface area (Å²) in [6, 6.07) is 9.13. The molecule has 0 radical (unpaired) electrons. The Morgan fingerprint density at radius 1 is 1.32 bits per heavy atom. The molecule has 1 aromatic carbocycles. The third-order valence-electron chi connectivity index (χ3n) is 3.11. The number of hydrogen-bond acceptors (Lipinski definition) is 4. The lowest BCUT2D eigenvalue weighted by molar-refractivity contribution is 0.101. The molecule has 0 bridgehead atoms. The van der Waals surface area contributed by atoms with Gasteiger partial charge in [-0.2, -0.15) is 5.10 Å². The lowest BCUT2D eigenvalue weighted by Gasteiger charge is -2.03. The van der Waals surface area contributed by atoms with E-state index in [1.807, 2.05) is 24.3 Å². The summed E-state index contributed by atoms with van der Waals surface area (Å²) in [5.41, 5.74) is 1.36. The number of hydrogen-bond donors (Lipinski definition) is 1. The summed E-state index contributed by atoms with van der Waals surface area (Å²) in [5.74, 6) is -0.0752. The van der Waals surface area contributed by atoms with Crippen molar-refractivity contribution in [3.8, 4) is 0 Å². The Kier molecular flexibility index (Phi) is 3.88. The van der Waals surface area contributed by atoms with Crippen LogP contribution in [-0.4, -0.2) is 30.5 Å². The fourth-order valence-electron chi connectivity index (χ4n) is 1.99. The lowest BCUT2D eigenvalue weighted by atomic mass is 10.2. The lowest BCUT2D eigenvalue weighted by Crippen LogP contribution is -2.17. The second kappa shape index (κ2) is 5.98. The van der Waals surface area contributed by atoms with Crippen LogP contribution in [0.25, 0.3) is 0 Å². The normalized spacial score (nSPS) is 10.6. The van der Waals surface area contributed by atoms with Crippen LogP contribution < -0.4 is 5.32 Å². The molecule has 2 aromatic heterocycles. The van der Waals surface area contributed by atoms with Gasteiger partial charge in [0.05, 0.1) is 6.54 Å². The van der Waals surface area contributed by atoms with Crippen LogP contribution in [0.4, 0.5) is 5.95 Å². The molecule has 3 rings (SSSR count). The molecule has 7 nitrogen and oxygen atoms in total. The van der Waals surface area contributed by atoms with Crippen molar-refractivity contribution in [2.24, 2.45) is 7.05 Å². The predicted molar refractivity (Wildman–Crippen MR) is 81.7 cm³/mol. The number of nitrogens with zero attached hydrogens (tertiary/aromatic N) is 5. The maximum atomic E-state index is 12.0. The maximum absolute atomic E-state index is 12.0. The van der Waals surface area contributed by atoms with Gasteiger partial charge in [0.1, 0.15) is 12.0 Å². The zero-order valence-corrected chi connectivity index (χ0v) is 12.5. The number of benzene rings is 1. The van der Waals surface area contributed by atoms with E-state index < -0.39 is 0 Å². The van der Waals surface area contributed by atoms with Crippen molar-refractivity contribution < 1.29 is 4.79 Å². The molecule has 0 spiro atoms. The SMILES string of the molecule is Cn1nccc1C(=O)Nc1ncn(Cc2ccccc2Cl)n1. The first-order valence-electron chi connectivity index (χ1n) is 6.55. The molecule has 22 heavy (non-hydrogen) atoms. The average molecular weight is 317 g/mol. The van der Waals surface area contributed by atoms with Crippen molar-refractivity contribution in [1.82, 2.24) is 24.5 Å². The third-order valence-corrected chi connectivity index (χ3v) is 3.47. The molecule has 2 heterocycles. The fraction of sp³-hybridized carbons (Fsp3) is 0.143. The molecule has 0 saturated heterocycles. The van der Waals surface area contributed by atoms with Crippen LogP contribution >= 0.6 is 11.6 Å². The minimum Gasteiger partial charge on any atom is -0.288 e. The van der Waals surface area contributed by atoms with E-state index in [1.165, 1.54) is 4.68 Å². The summed E-state index contributed by atoms with van der Waals surface area (Å²) in [6.07, 6.45) is 3.10. The molecule has 1 amide bonds. The molecule has 0 aliphatic rings. The number of carbonyl (C=O) groups excluding carboxylic acids is 1. The van der Waals surface area contributed by atoms with Crippen LogP contribution in [-0.2, 0) is 13.6 Å². The van der Waals surface area contributed by atoms with Gasteiger partial charge in [0.2, 0.25) is 5.95 Å². The van der Waals surface area contributed by atoms with E-state index in [0.29, 0.717) is 17.3 Å². The van der Waals surface area contributed by atoms with Gasteiger partial charge in [-0.1, -0.05) is 29.8 Å². The summed E-state index contributed by atoms with van der Waals surface area (Å²) >= 11 is 6.11. The summed E-state index contributed by atoms with van der Waals surface area (Å²) in [6.45, 7) is 0.480. The van der Waals surface area contributed by atoms with Crippen molar-refractivity contribution in [2.75, 3.05) is 5.32 Å². The van der Waals surface area contributed by atoms with Gasteiger partial charge in [0.25, 0.3) is 5.91 Å². The number of aromatic nitrogens is 5. The number of amides is 1. The number of anilines is 1. The van der Waals surface area contributed by atoms with Gasteiger partial charge in [-0.25, -0.2) is 9.67 Å². The minimum atomic E-state index is -0.310. The van der Waals surface area contributed by atoms with Gasteiger partial charge in [-0.15, -0.1) is 5.10 Å². The molecule has 3 aromatic rings. The van der Waals surface area contributed by atoms with Crippen LogP contribution in [0.2, 0.25) is 5.02 Å². The standard InChI is InChI=1S/C14H13ClN6O/c1-20-12(6-7-17-20)13(22)18-14-16-9-21(19-14)8-10-4-2-3-5-11(10)15/h2-7,9H,8H2,1H3,(H,18,19,22). The Balaban J connectivity index is 1.70. The van der Waals surface area contributed by atoms with Crippen molar-refractivity contribution >= 4 is 23.5 Å². The molecule has 0 aliphatic heterocycles. The van der Waals surface area contributed by atoms with Gasteiger partial charge in [-0.3, -0.25) is 14.8 Å². The first-order valence-corrected chi connectivity index (χ1v) is 6.93. The highest BCUT2D eigenvalue weighted by Crippen LogP contribution is 2.16. The molecule has 0 fully saturated rings. The molecular formula is C14H13ClN6O. The van der Waals surface area contributed by atoms with Crippen LogP contribution in [0.15, 0.2) is 42.9 Å². The summed E-state index contributed by atoms with van der Waals surface area (Å²) in [5, 5.41) is 11.5. The highest BCUT2D eigenvalue weighted by atomic mass is 35.5. The highest BCUT2D eigenvalue weighted by Gasteiger charge is 2.12. The number of halogens is 1. The molecule has 0 unspecified atom stereocenters. The zero-order valence-electron chi connectivity index (χ0n) is 11.8. The molecule has 8 heteroatoms. The molecule has 1 N–H and O–H groups in total. The fourth-order valence-corrected chi connectivity index (χ4v) is 2.19. The van der Waals surface area contributed by atoms with Gasteiger partial charge in [-0.05, 0) is 17.7 Å². The first-order chi connectivity index (χ1) is 10.6. The monoisotopic (exact) mass is 316 g/mol. The van der Waals surface area contributed by atoms with Gasteiger partial charge < -0.3 is 0 Å². The maximum Gasteiger partial charge on any atom is 0.276 e. The Morgan fingerprint density at radius 3 is 2.86 bits per heavy atom. The molecule has 0 aliphatic carbocycles. The van der Waals surface area contributed by atoms with E-state index in [1.54, 1.807) is 30.3 Å².